The van der Waals surface area contributed by atoms with Crippen LogP contribution in [0.5, 0.6) is 0 Å². The summed E-state index contributed by atoms with van der Waals surface area (Å²) in [6.07, 6.45) is 19.5. The van der Waals surface area contributed by atoms with Crippen molar-refractivity contribution in [3.05, 3.63) is 0 Å². The monoisotopic (exact) mass is 551 g/mol. The Balaban J connectivity index is 3.75. The highest BCUT2D eigenvalue weighted by Crippen LogP contribution is 2.43. The molecule has 0 aromatic rings. The van der Waals surface area contributed by atoms with Gasteiger partial charge in [-0.3, -0.25) is 13.8 Å². The molecule has 0 heterocycles. The van der Waals surface area contributed by atoms with E-state index >= 15 is 0 Å². The van der Waals surface area contributed by atoms with Crippen molar-refractivity contribution in [2.24, 2.45) is 0 Å². The molecule has 0 bridgehead atoms. The molecule has 0 aliphatic carbocycles. The van der Waals surface area contributed by atoms with Crippen molar-refractivity contribution in [3.8, 4) is 0 Å². The first-order valence-corrected chi connectivity index (χ1v) is 16.4. The SMILES string of the molecule is CCCCCCCCCCCCCCCCCC(=O)NC[C@H](COP(=O)(O)OCC[N+](C)(C)C)OCC. The van der Waals surface area contributed by atoms with Gasteiger partial charge in [-0.25, -0.2) is 4.57 Å². The number of unbranched alkanes of at least 4 members (excludes halogenated alkanes) is 14. The van der Waals surface area contributed by atoms with Crippen LogP contribution in [0, 0.1) is 0 Å². The Bertz CT molecular complexity index is 586. The molecule has 8 nitrogen and oxygen atoms in total. The van der Waals surface area contributed by atoms with Crippen LogP contribution in [0.1, 0.15) is 117 Å². The van der Waals surface area contributed by atoms with Crippen LogP contribution < -0.4 is 5.32 Å². The lowest BCUT2D eigenvalue weighted by molar-refractivity contribution is -0.870. The summed E-state index contributed by atoms with van der Waals surface area (Å²) in [7, 11) is 1.76. The first-order chi connectivity index (χ1) is 17.6. The van der Waals surface area contributed by atoms with E-state index in [1.807, 2.05) is 28.1 Å². The van der Waals surface area contributed by atoms with Crippen molar-refractivity contribution in [2.75, 3.05) is 54.1 Å². The molecule has 1 unspecified atom stereocenters. The molecule has 2 N–H and O–H groups in total. The van der Waals surface area contributed by atoms with Crippen LogP contribution in [0.25, 0.3) is 0 Å². The largest absolute Gasteiger partial charge is 0.472 e. The summed E-state index contributed by atoms with van der Waals surface area (Å²) in [5, 5.41) is 2.86. The standard InChI is InChI=1S/C28H59N2O6P/c1-6-8-9-10-11-12-13-14-15-16-17-18-19-20-21-22-28(31)29-25-27(34-7-2)26-36-37(32,33)35-24-23-30(3,4)5/h27H,6-26H2,1-5H3,(H-,29,31,32,33)/p+1/t27-/m1/s1. The van der Waals surface area contributed by atoms with E-state index in [4.69, 9.17) is 13.8 Å². The van der Waals surface area contributed by atoms with E-state index < -0.39 is 13.9 Å². The highest BCUT2D eigenvalue weighted by molar-refractivity contribution is 7.47. The predicted octanol–water partition coefficient (Wildman–Crippen LogP) is 6.61. The van der Waals surface area contributed by atoms with Crippen LogP contribution in [0.2, 0.25) is 0 Å². The predicted molar refractivity (Wildman–Crippen MR) is 153 cm³/mol. The number of quaternary nitrogens is 1. The fourth-order valence-corrected chi connectivity index (χ4v) is 4.76. The van der Waals surface area contributed by atoms with Crippen LogP contribution in [-0.2, 0) is 23.1 Å². The van der Waals surface area contributed by atoms with E-state index in [0.29, 0.717) is 24.1 Å². The number of hydrogen-bond donors (Lipinski definition) is 2. The zero-order valence-electron chi connectivity index (χ0n) is 24.8. The summed E-state index contributed by atoms with van der Waals surface area (Å²) in [6.45, 7) is 5.34. The fourth-order valence-electron chi connectivity index (χ4n) is 4.02. The minimum atomic E-state index is -4.15. The Morgan fingerprint density at radius 1 is 0.811 bits per heavy atom. The van der Waals surface area contributed by atoms with Gasteiger partial charge in [-0.2, -0.15) is 0 Å². The zero-order chi connectivity index (χ0) is 27.8. The van der Waals surface area contributed by atoms with Crippen molar-refractivity contribution >= 4 is 13.7 Å². The summed E-state index contributed by atoms with van der Waals surface area (Å²) < 4.78 is 28.4. The van der Waals surface area contributed by atoms with E-state index in [0.717, 1.165) is 12.8 Å². The summed E-state index contributed by atoms with van der Waals surface area (Å²) >= 11 is 0. The van der Waals surface area contributed by atoms with Gasteiger partial charge >= 0.3 is 7.82 Å². The molecule has 0 fully saturated rings. The van der Waals surface area contributed by atoms with Gasteiger partial charge in [-0.1, -0.05) is 96.8 Å². The van der Waals surface area contributed by atoms with Crippen LogP contribution >= 0.6 is 7.82 Å². The molecular formula is C28H60N2O6P+. The maximum absolute atomic E-state index is 12.2. The van der Waals surface area contributed by atoms with Gasteiger partial charge in [0.25, 0.3) is 0 Å². The van der Waals surface area contributed by atoms with Crippen molar-refractivity contribution in [3.63, 3.8) is 0 Å². The maximum Gasteiger partial charge on any atom is 0.472 e. The molecule has 0 saturated carbocycles. The van der Waals surface area contributed by atoms with Gasteiger partial charge in [0.2, 0.25) is 5.91 Å². The molecule has 37 heavy (non-hydrogen) atoms. The second kappa shape index (κ2) is 23.4. The second-order valence-electron chi connectivity index (χ2n) is 11.2. The minimum absolute atomic E-state index is 0.0224. The molecule has 0 aromatic heterocycles. The Hall–Kier alpha value is -0.500. The molecule has 222 valence electrons. The summed E-state index contributed by atoms with van der Waals surface area (Å²) in [6, 6.07) is 0. The number of carbonyl (C=O) groups is 1. The number of hydrogen-bond acceptors (Lipinski definition) is 5. The Labute approximate surface area is 228 Å². The molecule has 0 rings (SSSR count). The first-order valence-electron chi connectivity index (χ1n) is 14.9. The third-order valence-electron chi connectivity index (χ3n) is 6.38. The fraction of sp³-hybridized carbons (Fsp3) is 0.964. The molecule has 0 spiro atoms. The smallest absolute Gasteiger partial charge is 0.374 e. The van der Waals surface area contributed by atoms with Gasteiger partial charge in [-0.15, -0.1) is 0 Å². The van der Waals surface area contributed by atoms with Crippen molar-refractivity contribution in [1.29, 1.82) is 0 Å². The number of ether oxygens (including phenoxy) is 1. The molecule has 0 aliphatic rings. The summed E-state index contributed by atoms with van der Waals surface area (Å²) in [5.74, 6) is -0.0224. The van der Waals surface area contributed by atoms with Gasteiger partial charge in [0.05, 0.1) is 33.9 Å². The van der Waals surface area contributed by atoms with Gasteiger partial charge in [-0.05, 0) is 13.3 Å². The molecule has 2 atom stereocenters. The maximum atomic E-state index is 12.2. The van der Waals surface area contributed by atoms with Crippen molar-refractivity contribution in [2.45, 2.75) is 123 Å². The third-order valence-corrected chi connectivity index (χ3v) is 7.36. The number of likely N-dealkylation sites (N-methyl/N-ethyl adjacent to an activating group) is 1. The average molecular weight is 552 g/mol. The van der Waals surface area contributed by atoms with Crippen molar-refractivity contribution in [1.82, 2.24) is 5.32 Å². The van der Waals surface area contributed by atoms with Crippen LogP contribution in [0.15, 0.2) is 0 Å². The molecule has 0 saturated heterocycles. The lowest BCUT2D eigenvalue weighted by atomic mass is 10.0. The van der Waals surface area contributed by atoms with E-state index in [9.17, 15) is 14.3 Å². The van der Waals surface area contributed by atoms with Crippen molar-refractivity contribution < 1.29 is 32.5 Å². The number of carbonyl (C=O) groups excluding carboxylic acids is 1. The van der Waals surface area contributed by atoms with Crippen LogP contribution in [0.4, 0.5) is 0 Å². The highest BCUT2D eigenvalue weighted by atomic mass is 31.2. The summed E-state index contributed by atoms with van der Waals surface area (Å²) in [5.41, 5.74) is 0. The average Bonchev–Trinajstić information content (AvgIpc) is 2.82. The number of amides is 1. The number of rotatable bonds is 27. The topological polar surface area (TPSA) is 94.1 Å². The van der Waals surface area contributed by atoms with E-state index in [1.165, 1.54) is 83.5 Å². The van der Waals surface area contributed by atoms with Gasteiger partial charge in [0.1, 0.15) is 13.2 Å². The molecule has 1 amide bonds. The Morgan fingerprint density at radius 3 is 1.76 bits per heavy atom. The lowest BCUT2D eigenvalue weighted by Crippen LogP contribution is -2.37. The van der Waals surface area contributed by atoms with E-state index in [2.05, 4.69) is 12.2 Å². The Kier molecular flexibility index (Phi) is 23.1. The number of phosphoric acid groups is 1. The summed E-state index contributed by atoms with van der Waals surface area (Å²) in [4.78, 5) is 22.1. The lowest BCUT2D eigenvalue weighted by Gasteiger charge is -2.24. The number of nitrogens with one attached hydrogen (secondary N) is 1. The molecular weight excluding hydrogens is 491 g/mol. The van der Waals surface area contributed by atoms with Crippen LogP contribution in [0.3, 0.4) is 0 Å². The molecule has 0 radical (unpaired) electrons. The van der Waals surface area contributed by atoms with Crippen LogP contribution in [-0.4, -0.2) is 75.4 Å². The minimum Gasteiger partial charge on any atom is -0.374 e. The quantitative estimate of drug-likeness (QED) is 0.0678. The van der Waals surface area contributed by atoms with Gasteiger partial charge < -0.3 is 19.4 Å². The zero-order valence-corrected chi connectivity index (χ0v) is 25.7. The first kappa shape index (κ1) is 36.5. The third kappa shape index (κ3) is 26.9. The van der Waals surface area contributed by atoms with Gasteiger partial charge in [0.15, 0.2) is 0 Å². The second-order valence-corrected chi connectivity index (χ2v) is 12.6. The van der Waals surface area contributed by atoms with E-state index in [-0.39, 0.29) is 25.7 Å². The normalized spacial score (nSPS) is 14.4. The highest BCUT2D eigenvalue weighted by Gasteiger charge is 2.25. The number of nitrogens with zero attached hydrogens (tertiary/aromatic N) is 1. The molecule has 0 aliphatic heterocycles. The van der Waals surface area contributed by atoms with Gasteiger partial charge in [0, 0.05) is 19.6 Å². The molecule has 0 aromatic carbocycles. The Morgan fingerprint density at radius 2 is 1.30 bits per heavy atom. The molecule has 9 heteroatoms. The van der Waals surface area contributed by atoms with E-state index in [1.54, 1.807) is 0 Å². The number of phosphoric ester groups is 1.